The summed E-state index contributed by atoms with van der Waals surface area (Å²) in [6, 6.07) is 12.1. The summed E-state index contributed by atoms with van der Waals surface area (Å²) in [5, 5.41) is 7.51. The van der Waals surface area contributed by atoms with Crippen molar-refractivity contribution in [3.8, 4) is 11.5 Å². The molecular weight excluding hydrogens is 468 g/mol. The number of piperidine rings is 1. The van der Waals surface area contributed by atoms with E-state index in [1.807, 2.05) is 11.4 Å². The molecule has 35 heavy (non-hydrogen) atoms. The van der Waals surface area contributed by atoms with Crippen LogP contribution in [0.1, 0.15) is 27.7 Å². The minimum atomic E-state index is -0.286. The van der Waals surface area contributed by atoms with Gasteiger partial charge in [0.2, 0.25) is 0 Å². The summed E-state index contributed by atoms with van der Waals surface area (Å²) in [7, 11) is 3.12. The van der Waals surface area contributed by atoms with Crippen LogP contribution in [0.25, 0.3) is 0 Å². The number of hydrogen-bond donors (Lipinski definition) is 2. The summed E-state index contributed by atoms with van der Waals surface area (Å²) in [6.45, 7) is 1.55. The number of carbonyl (C=O) groups is 2. The van der Waals surface area contributed by atoms with Gasteiger partial charge < -0.3 is 29.6 Å². The van der Waals surface area contributed by atoms with Crippen molar-refractivity contribution >= 4 is 34.6 Å². The standard InChI is InChI=1S/C25H26N4O5S/c1-33-18-9-17(10-19(11-18)34-2)26-25(32)28-12-15-8-16(14-28)21-6-5-20(24(31)29(21)13-15)27-23(30)22-4-3-7-35-22/h3-7,9-11,15-16H,8,12-14H2,1-2H3,(H,26,32)(H,27,30)/t15-,16+/m0/s1. The number of carbonyl (C=O) groups excluding carboxylic acids is 2. The van der Waals surface area contributed by atoms with Crippen LogP contribution in [0.5, 0.6) is 11.5 Å². The molecule has 2 bridgehead atoms. The van der Waals surface area contributed by atoms with E-state index in [1.54, 1.807) is 60.1 Å². The van der Waals surface area contributed by atoms with Crippen LogP contribution in [0.2, 0.25) is 0 Å². The number of likely N-dealkylation sites (tertiary alicyclic amines) is 1. The molecule has 1 saturated heterocycles. The molecule has 10 heteroatoms. The first kappa shape index (κ1) is 23.0. The van der Waals surface area contributed by atoms with Gasteiger partial charge in [-0.15, -0.1) is 11.3 Å². The average Bonchev–Trinajstić information content (AvgIpc) is 3.41. The van der Waals surface area contributed by atoms with Crippen molar-refractivity contribution in [2.75, 3.05) is 37.9 Å². The average molecular weight is 495 g/mol. The molecule has 0 unspecified atom stereocenters. The highest BCUT2D eigenvalue weighted by molar-refractivity contribution is 7.12. The Balaban J connectivity index is 1.32. The number of hydrogen-bond acceptors (Lipinski definition) is 6. The maximum Gasteiger partial charge on any atom is 0.321 e. The van der Waals surface area contributed by atoms with Crippen molar-refractivity contribution in [3.63, 3.8) is 0 Å². The van der Waals surface area contributed by atoms with E-state index in [1.165, 1.54) is 11.3 Å². The number of amides is 3. The SMILES string of the molecule is COc1cc(NC(=O)N2C[C@@H]3C[C@H](C2)c2ccc(NC(=O)c4cccs4)c(=O)n2C3)cc(OC)c1. The molecule has 3 amide bonds. The second-order valence-electron chi connectivity index (χ2n) is 8.75. The number of fused-ring (bicyclic) bond motifs is 4. The highest BCUT2D eigenvalue weighted by Gasteiger charge is 2.37. The second kappa shape index (κ2) is 9.46. The van der Waals surface area contributed by atoms with Gasteiger partial charge in [0.05, 0.1) is 19.1 Å². The van der Waals surface area contributed by atoms with Crippen LogP contribution in [-0.4, -0.2) is 48.7 Å². The van der Waals surface area contributed by atoms with Gasteiger partial charge in [0.15, 0.2) is 0 Å². The number of nitrogens with zero attached hydrogens (tertiary/aromatic N) is 2. The van der Waals surface area contributed by atoms with E-state index < -0.39 is 0 Å². The minimum Gasteiger partial charge on any atom is -0.497 e. The van der Waals surface area contributed by atoms with Gasteiger partial charge in [-0.2, -0.15) is 0 Å². The predicted octanol–water partition coefficient (Wildman–Crippen LogP) is 3.83. The minimum absolute atomic E-state index is 0.0443. The summed E-state index contributed by atoms with van der Waals surface area (Å²) in [5.74, 6) is 1.08. The number of benzene rings is 1. The molecule has 0 spiro atoms. The lowest BCUT2D eigenvalue weighted by molar-refractivity contribution is 0.103. The maximum atomic E-state index is 13.2. The fourth-order valence-corrected chi connectivity index (χ4v) is 5.50. The van der Waals surface area contributed by atoms with E-state index in [0.717, 1.165) is 12.1 Å². The number of aromatic nitrogens is 1. The van der Waals surface area contributed by atoms with Crippen molar-refractivity contribution in [1.29, 1.82) is 0 Å². The van der Waals surface area contributed by atoms with Crippen LogP contribution in [0.3, 0.4) is 0 Å². The van der Waals surface area contributed by atoms with Crippen molar-refractivity contribution < 1.29 is 19.1 Å². The quantitative estimate of drug-likeness (QED) is 0.561. The van der Waals surface area contributed by atoms with Crippen molar-refractivity contribution in [1.82, 2.24) is 9.47 Å². The highest BCUT2D eigenvalue weighted by Crippen LogP contribution is 2.36. The predicted molar refractivity (Wildman–Crippen MR) is 134 cm³/mol. The van der Waals surface area contributed by atoms with E-state index in [2.05, 4.69) is 10.6 Å². The van der Waals surface area contributed by atoms with E-state index in [-0.39, 0.29) is 35.0 Å². The molecule has 0 aliphatic carbocycles. The normalized spacial score (nSPS) is 18.4. The molecular formula is C25H26N4O5S. The molecule has 9 nitrogen and oxygen atoms in total. The molecule has 0 radical (unpaired) electrons. The number of methoxy groups -OCH3 is 2. The molecule has 1 fully saturated rings. The third-order valence-corrected chi connectivity index (χ3v) is 7.36. The number of ether oxygens (including phenoxy) is 2. The first-order valence-corrected chi connectivity index (χ1v) is 12.2. The summed E-state index contributed by atoms with van der Waals surface area (Å²) >= 11 is 1.33. The largest absolute Gasteiger partial charge is 0.497 e. The Labute approximate surface area is 206 Å². The van der Waals surface area contributed by atoms with Crippen LogP contribution in [0.4, 0.5) is 16.2 Å². The third kappa shape index (κ3) is 4.61. The number of nitrogens with one attached hydrogen (secondary N) is 2. The molecule has 0 saturated carbocycles. The van der Waals surface area contributed by atoms with E-state index >= 15 is 0 Å². The molecule has 182 valence electrons. The first-order chi connectivity index (χ1) is 16.9. The van der Waals surface area contributed by atoms with Crippen LogP contribution >= 0.6 is 11.3 Å². The Morgan fingerprint density at radius 1 is 1.00 bits per heavy atom. The Kier molecular flexibility index (Phi) is 6.21. The van der Waals surface area contributed by atoms with E-state index in [4.69, 9.17) is 9.47 Å². The summed E-state index contributed by atoms with van der Waals surface area (Å²) in [4.78, 5) is 41.0. The van der Waals surface area contributed by atoms with Gasteiger partial charge in [0.1, 0.15) is 17.2 Å². The Morgan fingerprint density at radius 2 is 1.77 bits per heavy atom. The lowest BCUT2D eigenvalue weighted by Crippen LogP contribution is -2.50. The molecule has 2 N–H and O–H groups in total. The molecule has 2 aliphatic rings. The summed E-state index contributed by atoms with van der Waals surface area (Å²) in [5.41, 5.74) is 1.54. The van der Waals surface area contributed by atoms with Gasteiger partial charge >= 0.3 is 6.03 Å². The van der Waals surface area contributed by atoms with Gasteiger partial charge in [-0.05, 0) is 35.9 Å². The zero-order valence-electron chi connectivity index (χ0n) is 19.4. The van der Waals surface area contributed by atoms with E-state index in [0.29, 0.717) is 41.7 Å². The molecule has 4 heterocycles. The molecule has 2 atom stereocenters. The van der Waals surface area contributed by atoms with E-state index in [9.17, 15) is 14.4 Å². The van der Waals surface area contributed by atoms with Gasteiger partial charge in [0, 0.05) is 55.1 Å². The molecule has 1 aromatic carbocycles. The third-order valence-electron chi connectivity index (χ3n) is 6.49. The highest BCUT2D eigenvalue weighted by atomic mass is 32.1. The van der Waals surface area contributed by atoms with Gasteiger partial charge in [-0.3, -0.25) is 9.59 Å². The number of pyridine rings is 1. The number of urea groups is 1. The summed E-state index contributed by atoms with van der Waals surface area (Å²) < 4.78 is 12.3. The van der Waals surface area contributed by atoms with Crippen molar-refractivity contribution in [3.05, 3.63) is 68.8 Å². The lowest BCUT2D eigenvalue weighted by atomic mass is 9.83. The van der Waals surface area contributed by atoms with Crippen LogP contribution in [0, 0.1) is 5.92 Å². The lowest BCUT2D eigenvalue weighted by Gasteiger charge is -2.42. The summed E-state index contributed by atoms with van der Waals surface area (Å²) in [6.07, 6.45) is 0.914. The monoisotopic (exact) mass is 494 g/mol. The van der Waals surface area contributed by atoms with Crippen LogP contribution in [-0.2, 0) is 6.54 Å². The van der Waals surface area contributed by atoms with Crippen molar-refractivity contribution in [2.24, 2.45) is 5.92 Å². The fourth-order valence-electron chi connectivity index (χ4n) is 4.88. The topological polar surface area (TPSA) is 102 Å². The zero-order chi connectivity index (χ0) is 24.5. The molecule has 5 rings (SSSR count). The van der Waals surface area contributed by atoms with Gasteiger partial charge in [0.25, 0.3) is 11.5 Å². The van der Waals surface area contributed by atoms with Crippen LogP contribution < -0.4 is 25.7 Å². The Bertz CT molecular complexity index is 1300. The van der Waals surface area contributed by atoms with Gasteiger partial charge in [-0.1, -0.05) is 6.07 Å². The van der Waals surface area contributed by atoms with Gasteiger partial charge in [-0.25, -0.2) is 4.79 Å². The molecule has 2 aromatic heterocycles. The Morgan fingerprint density at radius 3 is 2.46 bits per heavy atom. The number of thiophene rings is 1. The second-order valence-corrected chi connectivity index (χ2v) is 9.70. The fraction of sp³-hybridized carbons (Fsp3) is 0.320. The Hall–Kier alpha value is -3.79. The van der Waals surface area contributed by atoms with Crippen molar-refractivity contribution in [2.45, 2.75) is 18.9 Å². The van der Waals surface area contributed by atoms with Crippen LogP contribution in [0.15, 0.2) is 52.6 Å². The smallest absolute Gasteiger partial charge is 0.321 e. The zero-order valence-corrected chi connectivity index (χ0v) is 20.3. The maximum absolute atomic E-state index is 13.2. The molecule has 2 aliphatic heterocycles. The number of anilines is 2. The number of rotatable bonds is 5. The first-order valence-electron chi connectivity index (χ1n) is 11.3. The molecule has 3 aromatic rings.